The van der Waals surface area contributed by atoms with Gasteiger partial charge in [-0.2, -0.15) is 0 Å². The fraction of sp³-hybridized carbons (Fsp3) is 0.238. The Morgan fingerprint density at radius 3 is 2.68 bits per heavy atom. The second-order valence-corrected chi connectivity index (χ2v) is 6.32. The molecule has 0 spiro atoms. The van der Waals surface area contributed by atoms with E-state index in [1.165, 1.54) is 0 Å². The van der Waals surface area contributed by atoms with Crippen LogP contribution in [0.15, 0.2) is 57.7 Å². The van der Waals surface area contributed by atoms with E-state index in [9.17, 15) is 9.59 Å². The molecule has 1 heterocycles. The minimum Gasteiger partial charge on any atom is -0.426 e. The van der Waals surface area contributed by atoms with Crippen LogP contribution in [0.2, 0.25) is 0 Å². The molecule has 0 amide bonds. The molecule has 0 fully saturated rings. The van der Waals surface area contributed by atoms with Crippen LogP contribution >= 0.6 is 0 Å². The number of carbonyl (C=O) groups is 1. The molecule has 1 aliphatic rings. The summed E-state index contributed by atoms with van der Waals surface area (Å²) in [5.41, 5.74) is 3.18. The van der Waals surface area contributed by atoms with Crippen molar-refractivity contribution in [2.75, 3.05) is 0 Å². The van der Waals surface area contributed by atoms with Crippen molar-refractivity contribution in [3.05, 3.63) is 75.6 Å². The normalized spacial score (nSPS) is 13.0. The van der Waals surface area contributed by atoms with Crippen LogP contribution in [0.4, 0.5) is 0 Å². The zero-order chi connectivity index (χ0) is 17.2. The van der Waals surface area contributed by atoms with Crippen LogP contribution in [0.1, 0.15) is 29.5 Å². The number of benzene rings is 2. The van der Waals surface area contributed by atoms with Crippen molar-refractivity contribution in [1.82, 2.24) is 0 Å². The van der Waals surface area contributed by atoms with E-state index in [0.29, 0.717) is 24.2 Å². The summed E-state index contributed by atoms with van der Waals surface area (Å²) in [4.78, 5) is 24.1. The molecule has 0 radical (unpaired) electrons. The average molecular weight is 334 g/mol. The molecular weight excluding hydrogens is 316 g/mol. The fourth-order valence-electron chi connectivity index (χ4n) is 3.40. The summed E-state index contributed by atoms with van der Waals surface area (Å²) >= 11 is 0. The number of hydrogen-bond donors (Lipinski definition) is 0. The van der Waals surface area contributed by atoms with Crippen LogP contribution in [0.5, 0.6) is 5.75 Å². The maximum atomic E-state index is 12.1. The molecule has 1 aromatic heterocycles. The first kappa shape index (κ1) is 15.6. The summed E-state index contributed by atoms with van der Waals surface area (Å²) in [6.45, 7) is 0. The van der Waals surface area contributed by atoms with Gasteiger partial charge in [0.25, 0.3) is 0 Å². The standard InChI is InChI=1S/C21H18O4/c22-20(12-9-14-5-2-1-3-6-14)24-15-10-11-17-16-7-4-8-18(16)21(23)25-19(17)13-15/h1-3,5-6,10-11,13H,4,7-9,12H2. The number of ether oxygens (including phenoxy) is 1. The molecule has 4 nitrogen and oxygen atoms in total. The minimum absolute atomic E-state index is 0.271. The lowest BCUT2D eigenvalue weighted by Gasteiger charge is -2.07. The van der Waals surface area contributed by atoms with Crippen LogP contribution < -0.4 is 10.4 Å². The van der Waals surface area contributed by atoms with Gasteiger partial charge in [0.1, 0.15) is 11.3 Å². The molecular formula is C21H18O4. The predicted octanol–water partition coefficient (Wildman–Crippen LogP) is 3.82. The SMILES string of the molecule is O=C(CCc1ccccc1)Oc1ccc2c3c(c(=O)oc2c1)CCC3. The van der Waals surface area contributed by atoms with E-state index >= 15 is 0 Å². The van der Waals surface area contributed by atoms with Crippen molar-refractivity contribution in [3.63, 3.8) is 0 Å². The van der Waals surface area contributed by atoms with Gasteiger partial charge in [0.15, 0.2) is 0 Å². The van der Waals surface area contributed by atoms with Crippen LogP contribution in [-0.4, -0.2) is 5.97 Å². The largest absolute Gasteiger partial charge is 0.426 e. The number of esters is 1. The Labute approximate surface area is 145 Å². The van der Waals surface area contributed by atoms with Crippen LogP contribution in [0, 0.1) is 0 Å². The van der Waals surface area contributed by atoms with E-state index in [0.717, 1.165) is 41.3 Å². The Hall–Kier alpha value is -2.88. The first-order chi connectivity index (χ1) is 12.2. The highest BCUT2D eigenvalue weighted by molar-refractivity contribution is 5.84. The quantitative estimate of drug-likeness (QED) is 0.413. The second kappa shape index (κ2) is 6.55. The highest BCUT2D eigenvalue weighted by Gasteiger charge is 2.20. The predicted molar refractivity (Wildman–Crippen MR) is 94.9 cm³/mol. The first-order valence-corrected chi connectivity index (χ1v) is 8.54. The maximum Gasteiger partial charge on any atom is 0.339 e. The molecule has 0 bridgehead atoms. The van der Waals surface area contributed by atoms with Gasteiger partial charge in [-0.05, 0) is 48.9 Å². The summed E-state index contributed by atoms with van der Waals surface area (Å²) in [6, 6.07) is 15.1. The van der Waals surface area contributed by atoms with Gasteiger partial charge in [0.2, 0.25) is 0 Å². The monoisotopic (exact) mass is 334 g/mol. The topological polar surface area (TPSA) is 56.5 Å². The molecule has 4 rings (SSSR count). The molecule has 0 saturated heterocycles. The van der Waals surface area contributed by atoms with Gasteiger partial charge in [-0.1, -0.05) is 30.3 Å². The van der Waals surface area contributed by atoms with Crippen molar-refractivity contribution >= 4 is 16.9 Å². The van der Waals surface area contributed by atoms with E-state index in [-0.39, 0.29) is 11.6 Å². The van der Waals surface area contributed by atoms with Crippen molar-refractivity contribution in [1.29, 1.82) is 0 Å². The summed E-state index contributed by atoms with van der Waals surface area (Å²) in [5.74, 6) is 0.110. The molecule has 1 aliphatic carbocycles. The van der Waals surface area contributed by atoms with Crippen LogP contribution in [-0.2, 0) is 24.1 Å². The number of carbonyl (C=O) groups excluding carboxylic acids is 1. The van der Waals surface area contributed by atoms with E-state index in [4.69, 9.17) is 9.15 Å². The Kier molecular flexibility index (Phi) is 4.10. The van der Waals surface area contributed by atoms with Gasteiger partial charge in [-0.3, -0.25) is 4.79 Å². The molecule has 126 valence electrons. The van der Waals surface area contributed by atoms with Crippen LogP contribution in [0.3, 0.4) is 0 Å². The van der Waals surface area contributed by atoms with Gasteiger partial charge >= 0.3 is 11.6 Å². The lowest BCUT2D eigenvalue weighted by molar-refractivity contribution is -0.134. The molecule has 2 aromatic carbocycles. The zero-order valence-electron chi connectivity index (χ0n) is 13.8. The van der Waals surface area contributed by atoms with Crippen molar-refractivity contribution in [2.24, 2.45) is 0 Å². The van der Waals surface area contributed by atoms with Gasteiger partial charge in [0.05, 0.1) is 0 Å². The fourth-order valence-corrected chi connectivity index (χ4v) is 3.40. The van der Waals surface area contributed by atoms with E-state index < -0.39 is 0 Å². The number of fused-ring (bicyclic) bond motifs is 3. The maximum absolute atomic E-state index is 12.1. The first-order valence-electron chi connectivity index (χ1n) is 8.54. The third kappa shape index (κ3) is 3.20. The lowest BCUT2D eigenvalue weighted by atomic mass is 10.1. The highest BCUT2D eigenvalue weighted by Crippen LogP contribution is 2.29. The van der Waals surface area contributed by atoms with Gasteiger partial charge in [-0.25, -0.2) is 4.79 Å². The summed E-state index contributed by atoms with van der Waals surface area (Å²) in [7, 11) is 0. The van der Waals surface area contributed by atoms with Gasteiger partial charge in [-0.15, -0.1) is 0 Å². The summed E-state index contributed by atoms with van der Waals surface area (Å²) < 4.78 is 10.8. The van der Waals surface area contributed by atoms with Crippen molar-refractivity contribution in [3.8, 4) is 5.75 Å². The van der Waals surface area contributed by atoms with Crippen LogP contribution in [0.25, 0.3) is 11.0 Å². The Balaban J connectivity index is 1.51. The Bertz CT molecular complexity index is 986. The molecule has 0 atom stereocenters. The van der Waals surface area contributed by atoms with E-state index in [2.05, 4.69) is 0 Å². The Morgan fingerprint density at radius 2 is 1.84 bits per heavy atom. The smallest absolute Gasteiger partial charge is 0.339 e. The van der Waals surface area contributed by atoms with Crippen molar-refractivity contribution < 1.29 is 13.9 Å². The molecule has 25 heavy (non-hydrogen) atoms. The van der Waals surface area contributed by atoms with E-state index in [1.54, 1.807) is 12.1 Å². The molecule has 0 N–H and O–H groups in total. The molecule has 4 heteroatoms. The number of aryl methyl sites for hydroxylation is 2. The second-order valence-electron chi connectivity index (χ2n) is 6.32. The third-order valence-corrected chi connectivity index (χ3v) is 4.64. The highest BCUT2D eigenvalue weighted by atomic mass is 16.5. The Morgan fingerprint density at radius 1 is 1.04 bits per heavy atom. The van der Waals surface area contributed by atoms with Crippen molar-refractivity contribution in [2.45, 2.75) is 32.1 Å². The van der Waals surface area contributed by atoms with E-state index in [1.807, 2.05) is 36.4 Å². The zero-order valence-corrected chi connectivity index (χ0v) is 13.8. The number of rotatable bonds is 4. The molecule has 0 saturated carbocycles. The molecule has 0 aliphatic heterocycles. The summed E-state index contributed by atoms with van der Waals surface area (Å²) in [5, 5.41) is 0.941. The third-order valence-electron chi connectivity index (χ3n) is 4.64. The minimum atomic E-state index is -0.299. The molecule has 3 aromatic rings. The molecule has 0 unspecified atom stereocenters. The lowest BCUT2D eigenvalue weighted by Crippen LogP contribution is -2.10. The average Bonchev–Trinajstić information content (AvgIpc) is 3.11. The summed E-state index contributed by atoms with van der Waals surface area (Å²) in [6.07, 6.45) is 3.60. The van der Waals surface area contributed by atoms with Gasteiger partial charge < -0.3 is 9.15 Å². The van der Waals surface area contributed by atoms with Gasteiger partial charge in [0, 0.05) is 23.4 Å². The number of hydrogen-bond acceptors (Lipinski definition) is 4.